The largest absolute Gasteiger partial charge is 0.486 e. The van der Waals surface area contributed by atoms with Crippen molar-refractivity contribution < 1.29 is 74.6 Å². The first kappa shape index (κ1) is 66.1. The van der Waals surface area contributed by atoms with Crippen molar-refractivity contribution in [1.29, 1.82) is 0 Å². The number of benzene rings is 4. The number of hydrogen-bond acceptors (Lipinski definition) is 18. The molecule has 27 heteroatoms. The number of ether oxygens (including phenoxy) is 6. The van der Waals surface area contributed by atoms with E-state index in [0.717, 1.165) is 71.7 Å². The number of aliphatic hydroxyl groups is 2. The molecule has 10 aliphatic rings. The summed E-state index contributed by atoms with van der Waals surface area (Å²) >= 11 is 3.35. The van der Waals surface area contributed by atoms with Gasteiger partial charge in [0.2, 0.25) is 20.0 Å². The number of likely N-dealkylation sites (tertiary alicyclic amines) is 2. The molecule has 4 aromatic rings. The van der Waals surface area contributed by atoms with Crippen molar-refractivity contribution in [3.8, 4) is 23.0 Å². The van der Waals surface area contributed by atoms with E-state index in [9.17, 15) is 46.2 Å². The Balaban J connectivity index is 0.000000152. The lowest BCUT2D eigenvalue weighted by molar-refractivity contribution is -0.139. The Bertz CT molecular complexity index is 3810. The molecule has 0 aromatic heterocycles. The molecule has 0 aliphatic carbocycles. The molecular weight excluding hydrogens is 1300 g/mol. The minimum atomic E-state index is -3.77. The van der Waals surface area contributed by atoms with Gasteiger partial charge in [0.1, 0.15) is 37.6 Å². The van der Waals surface area contributed by atoms with Gasteiger partial charge in [0.05, 0.1) is 9.79 Å². The molecule has 4 aromatic carbocycles. The molecular formula is C66H81BrN8O16S2. The van der Waals surface area contributed by atoms with Gasteiger partial charge in [-0.2, -0.15) is 8.61 Å². The Morgan fingerprint density at radius 2 is 0.882 bits per heavy atom. The number of rotatable bonds is 9. The topological polar surface area (TPSA) is 267 Å². The highest BCUT2D eigenvalue weighted by Gasteiger charge is 2.45. The van der Waals surface area contributed by atoms with Crippen molar-refractivity contribution in [1.82, 2.24) is 33.5 Å². The smallest absolute Gasteiger partial charge is 0.410 e. The second kappa shape index (κ2) is 26.3. The summed E-state index contributed by atoms with van der Waals surface area (Å²) < 4.78 is 89.8. The fourth-order valence-corrected chi connectivity index (χ4v) is 16.9. The van der Waals surface area contributed by atoms with Gasteiger partial charge in [-0.1, -0.05) is 40.2 Å². The minimum absolute atomic E-state index is 0.142. The van der Waals surface area contributed by atoms with Crippen LogP contribution in [0.5, 0.6) is 23.0 Å². The molecule has 0 spiro atoms. The predicted octanol–water partition coefficient (Wildman–Crippen LogP) is 5.81. The molecule has 0 bridgehead atoms. The fraction of sp³-hybridized carbons (Fsp3) is 0.515. The zero-order chi connectivity index (χ0) is 65.9. The standard InChI is InChI=1S/C33H40N4O8S.C22H21BrN2O6S.C11H20N2O2/c1-33(2,3)45-32(40)36-17-22-13-34(14-23(22)18-36)26-6-4-5-21(11-26)30(38)31(39)35-15-24-19-37(20-25(24)16-35)46(41,42)27-7-8-28-29(12-27)44-10-9-43-28;23-17-3-1-2-14(8-17)21(26)22(27)24-10-15-12-25(13-16(15)11-24)32(28,29)18-4-5-19-20(9-18)31-7-6-30-19;1-11(2,3)15-10(14)13-6-8-4-12-5-9(8)7-13/h4-8,11-12,22-23,30,38H,9-10,13-20H2,1-3H3;1-5,8-9,21,26H,6-7,10-13H2;8-9,12H,4-7H2,1-3H3/t22?,23?,30-;21-;/m00./s1. The Morgan fingerprint density at radius 3 is 1.29 bits per heavy atom. The Hall–Kier alpha value is -6.98. The number of sulfonamides is 2. The van der Waals surface area contributed by atoms with E-state index in [2.05, 4.69) is 26.1 Å². The number of nitrogens with one attached hydrogen (secondary N) is 1. The first-order chi connectivity index (χ1) is 44.1. The highest BCUT2D eigenvalue weighted by atomic mass is 79.9. The van der Waals surface area contributed by atoms with Crippen molar-refractivity contribution in [2.75, 3.05) is 136 Å². The third-order valence-corrected chi connectivity index (χ3v) is 22.4. The van der Waals surface area contributed by atoms with Crippen LogP contribution in [0.25, 0.3) is 0 Å². The van der Waals surface area contributed by atoms with Crippen LogP contribution in [-0.2, 0) is 39.1 Å². The molecule has 500 valence electrons. The summed E-state index contributed by atoms with van der Waals surface area (Å²) in [6.07, 6.45) is -3.02. The van der Waals surface area contributed by atoms with Crippen LogP contribution in [0.1, 0.15) is 64.9 Å². The number of amides is 4. The molecule has 0 saturated carbocycles. The lowest BCUT2D eigenvalue weighted by Crippen LogP contribution is -2.38. The summed E-state index contributed by atoms with van der Waals surface area (Å²) in [6.45, 7) is 21.6. The number of anilines is 1. The average Bonchev–Trinajstić information content (AvgIpc) is 1.68. The Kier molecular flexibility index (Phi) is 18.7. The molecule has 4 amide bonds. The van der Waals surface area contributed by atoms with E-state index in [1.54, 1.807) is 51.1 Å². The number of nitrogens with zero attached hydrogens (tertiary/aromatic N) is 7. The first-order valence-corrected chi connectivity index (χ1v) is 35.2. The van der Waals surface area contributed by atoms with Crippen molar-refractivity contribution in [3.63, 3.8) is 0 Å². The van der Waals surface area contributed by atoms with Gasteiger partial charge < -0.3 is 68.5 Å². The van der Waals surface area contributed by atoms with Crippen LogP contribution in [0.3, 0.4) is 0 Å². The van der Waals surface area contributed by atoms with Gasteiger partial charge in [-0.25, -0.2) is 26.4 Å². The van der Waals surface area contributed by atoms with E-state index in [1.165, 1.54) is 32.9 Å². The number of fused-ring (bicyclic) bond motifs is 4. The summed E-state index contributed by atoms with van der Waals surface area (Å²) in [7, 11) is -7.49. The molecule has 4 unspecified atom stereocenters. The van der Waals surface area contributed by atoms with E-state index in [4.69, 9.17) is 28.4 Å². The summed E-state index contributed by atoms with van der Waals surface area (Å²) in [5, 5.41) is 25.0. The second-order valence-electron chi connectivity index (χ2n) is 27.3. The lowest BCUT2D eigenvalue weighted by Gasteiger charge is -2.27. The number of aliphatic hydroxyl groups excluding tert-OH is 2. The quantitative estimate of drug-likeness (QED) is 0.167. The monoisotopic (exact) mass is 1380 g/mol. The average molecular weight is 1390 g/mol. The maximum atomic E-state index is 13.4. The van der Waals surface area contributed by atoms with Gasteiger partial charge in [-0.15, -0.1) is 0 Å². The number of hydrogen-bond donors (Lipinski definition) is 3. The molecule has 93 heavy (non-hydrogen) atoms. The van der Waals surface area contributed by atoms with Crippen molar-refractivity contribution in [3.05, 3.63) is 123 Å². The van der Waals surface area contributed by atoms with E-state index >= 15 is 0 Å². The maximum absolute atomic E-state index is 13.4. The third kappa shape index (κ3) is 14.5. The Labute approximate surface area is 551 Å². The molecule has 24 nitrogen and oxygen atoms in total. The highest BCUT2D eigenvalue weighted by molar-refractivity contribution is 9.10. The second-order valence-corrected chi connectivity index (χ2v) is 32.1. The predicted molar refractivity (Wildman–Crippen MR) is 345 cm³/mol. The van der Waals surface area contributed by atoms with E-state index in [1.807, 2.05) is 70.7 Å². The van der Waals surface area contributed by atoms with Crippen LogP contribution in [0.2, 0.25) is 0 Å². The van der Waals surface area contributed by atoms with E-state index in [-0.39, 0.29) is 66.8 Å². The van der Waals surface area contributed by atoms with E-state index < -0.39 is 49.7 Å². The van der Waals surface area contributed by atoms with Gasteiger partial charge in [-0.3, -0.25) is 9.59 Å². The SMILES string of the molecule is CC(C)(C)OC(=O)N1CC2CN(c3cccc([C@H](O)C(=O)N4CC5=C(C4)CN(S(=O)(=O)c4ccc6c(c4)OCCO6)C5)c3)CC2C1.CC(C)(C)OC(=O)N1CC2CNCC2C1.O=C([C@@H](O)c1cccc(Br)c1)N1CC2=C(C1)CN(S(=O)(=O)c1ccc3c(c1)OCCO3)C2. The van der Waals surface area contributed by atoms with Crippen LogP contribution in [0.15, 0.2) is 121 Å². The van der Waals surface area contributed by atoms with Gasteiger partial charge in [0.25, 0.3) is 11.8 Å². The lowest BCUT2D eigenvalue weighted by atomic mass is 10.0. The zero-order valence-electron chi connectivity index (χ0n) is 53.1. The van der Waals surface area contributed by atoms with Crippen LogP contribution < -0.4 is 29.2 Å². The summed E-state index contributed by atoms with van der Waals surface area (Å²) in [5.41, 5.74) is 4.64. The summed E-state index contributed by atoms with van der Waals surface area (Å²) in [5.74, 6) is 3.05. The summed E-state index contributed by atoms with van der Waals surface area (Å²) in [6, 6.07) is 23.7. The molecule has 4 fully saturated rings. The van der Waals surface area contributed by atoms with Crippen LogP contribution in [0.4, 0.5) is 15.3 Å². The van der Waals surface area contributed by atoms with Crippen molar-refractivity contribution in [2.24, 2.45) is 23.7 Å². The van der Waals surface area contributed by atoms with Crippen molar-refractivity contribution >= 4 is 65.7 Å². The number of carbonyl (C=O) groups excluding carboxylic acids is 4. The number of carbonyl (C=O) groups is 4. The highest BCUT2D eigenvalue weighted by Crippen LogP contribution is 2.40. The molecule has 4 saturated heterocycles. The molecule has 10 aliphatic heterocycles. The molecule has 14 rings (SSSR count). The van der Waals surface area contributed by atoms with Gasteiger partial charge >= 0.3 is 12.2 Å². The molecule has 10 heterocycles. The summed E-state index contributed by atoms with van der Waals surface area (Å²) in [4.78, 5) is 59.9. The minimum Gasteiger partial charge on any atom is -0.486 e. The van der Waals surface area contributed by atoms with Crippen LogP contribution in [-0.4, -0.2) is 222 Å². The third-order valence-electron chi connectivity index (χ3n) is 18.3. The normalized spacial score (nSPS) is 23.2. The van der Waals surface area contributed by atoms with Gasteiger partial charge in [-0.05, 0) is 135 Å². The zero-order valence-corrected chi connectivity index (χ0v) is 56.3. The molecule has 6 atom stereocenters. The van der Waals surface area contributed by atoms with Crippen molar-refractivity contribution in [2.45, 2.75) is 74.7 Å². The maximum Gasteiger partial charge on any atom is 0.410 e. The van der Waals surface area contributed by atoms with Crippen LogP contribution >= 0.6 is 15.9 Å². The van der Waals surface area contributed by atoms with E-state index in [0.29, 0.717) is 110 Å². The van der Waals surface area contributed by atoms with Gasteiger partial charge in [0, 0.05) is 139 Å². The first-order valence-electron chi connectivity index (χ1n) is 31.5. The van der Waals surface area contributed by atoms with Gasteiger partial charge in [0.15, 0.2) is 35.2 Å². The fourth-order valence-electron chi connectivity index (χ4n) is 13.6. The molecule has 3 N–H and O–H groups in total. The molecule has 0 radical (unpaired) electrons. The van der Waals surface area contributed by atoms with Crippen LogP contribution in [0, 0.1) is 23.7 Å². The Morgan fingerprint density at radius 1 is 0.495 bits per heavy atom. The number of halogens is 1.